The lowest BCUT2D eigenvalue weighted by molar-refractivity contribution is 0.950. The number of hydrogen-bond acceptors (Lipinski definition) is 1. The lowest BCUT2D eigenvalue weighted by Crippen LogP contribution is -1.95. The van der Waals surface area contributed by atoms with Crippen LogP contribution in [0, 0.1) is 20.8 Å². The van der Waals surface area contributed by atoms with Crippen molar-refractivity contribution in [1.29, 1.82) is 0 Å². The summed E-state index contributed by atoms with van der Waals surface area (Å²) in [6.07, 6.45) is 2.25. The SMILES string of the molecule is Cc1ccc(CCc2cc(C)c3ccsc3c2C)cc1. The Morgan fingerprint density at radius 2 is 1.65 bits per heavy atom. The molecule has 0 atom stereocenters. The molecule has 0 aliphatic rings. The molecule has 3 aromatic rings. The highest BCUT2D eigenvalue weighted by molar-refractivity contribution is 7.17. The average Bonchev–Trinajstić information content (AvgIpc) is 2.93. The third kappa shape index (κ3) is 2.51. The van der Waals surface area contributed by atoms with Crippen molar-refractivity contribution in [3.8, 4) is 0 Å². The molecular formula is C19H20S. The van der Waals surface area contributed by atoms with Crippen LogP contribution in [0.2, 0.25) is 0 Å². The second-order valence-corrected chi connectivity index (χ2v) is 6.54. The van der Waals surface area contributed by atoms with Gasteiger partial charge in [0.2, 0.25) is 0 Å². The van der Waals surface area contributed by atoms with Gasteiger partial charge in [0, 0.05) is 4.70 Å². The molecule has 0 amide bonds. The van der Waals surface area contributed by atoms with Crippen LogP contribution in [-0.2, 0) is 12.8 Å². The van der Waals surface area contributed by atoms with Crippen LogP contribution in [0.15, 0.2) is 41.8 Å². The van der Waals surface area contributed by atoms with Crippen molar-refractivity contribution in [1.82, 2.24) is 0 Å². The molecule has 3 rings (SSSR count). The van der Waals surface area contributed by atoms with Crippen LogP contribution < -0.4 is 0 Å². The monoisotopic (exact) mass is 280 g/mol. The van der Waals surface area contributed by atoms with Crippen molar-refractivity contribution in [2.45, 2.75) is 33.6 Å². The fraction of sp³-hybridized carbons (Fsp3) is 0.263. The smallest absolute Gasteiger partial charge is 0.0377 e. The van der Waals surface area contributed by atoms with Gasteiger partial charge in [-0.05, 0) is 72.7 Å². The van der Waals surface area contributed by atoms with Crippen molar-refractivity contribution in [2.24, 2.45) is 0 Å². The summed E-state index contributed by atoms with van der Waals surface area (Å²) in [5, 5.41) is 3.63. The number of fused-ring (bicyclic) bond motifs is 1. The van der Waals surface area contributed by atoms with E-state index in [2.05, 4.69) is 62.5 Å². The molecule has 0 spiro atoms. The number of thiophene rings is 1. The van der Waals surface area contributed by atoms with Gasteiger partial charge < -0.3 is 0 Å². The van der Waals surface area contributed by atoms with Gasteiger partial charge in [0.1, 0.15) is 0 Å². The Morgan fingerprint density at radius 1 is 0.900 bits per heavy atom. The molecule has 2 aromatic carbocycles. The van der Waals surface area contributed by atoms with Gasteiger partial charge in [-0.1, -0.05) is 35.9 Å². The number of hydrogen-bond donors (Lipinski definition) is 0. The molecular weight excluding hydrogens is 260 g/mol. The first kappa shape index (κ1) is 13.4. The second kappa shape index (κ2) is 5.41. The minimum absolute atomic E-state index is 1.12. The minimum Gasteiger partial charge on any atom is -0.144 e. The Bertz CT molecular complexity index is 732. The number of rotatable bonds is 3. The zero-order valence-corrected chi connectivity index (χ0v) is 13.2. The molecule has 0 radical (unpaired) electrons. The van der Waals surface area contributed by atoms with Gasteiger partial charge in [0.25, 0.3) is 0 Å². The molecule has 1 heterocycles. The van der Waals surface area contributed by atoms with Gasteiger partial charge >= 0.3 is 0 Å². The Labute approximate surface area is 125 Å². The maximum absolute atomic E-state index is 2.37. The Kier molecular flexibility index (Phi) is 3.62. The lowest BCUT2D eigenvalue weighted by atomic mass is 9.96. The highest BCUT2D eigenvalue weighted by Crippen LogP contribution is 2.30. The van der Waals surface area contributed by atoms with Crippen LogP contribution in [-0.4, -0.2) is 0 Å². The maximum Gasteiger partial charge on any atom is 0.0377 e. The third-order valence-electron chi connectivity index (χ3n) is 4.11. The standard InChI is InChI=1S/C19H20S/c1-13-4-6-16(7-5-13)8-9-17-12-14(2)18-10-11-20-19(18)15(17)3/h4-7,10-12H,8-9H2,1-3H3. The van der Waals surface area contributed by atoms with Gasteiger partial charge in [-0.2, -0.15) is 0 Å². The summed E-state index contributed by atoms with van der Waals surface area (Å²) in [4.78, 5) is 0. The molecule has 1 heteroatoms. The molecule has 102 valence electrons. The van der Waals surface area contributed by atoms with Crippen LogP contribution in [0.3, 0.4) is 0 Å². The van der Waals surface area contributed by atoms with Crippen LogP contribution in [0.4, 0.5) is 0 Å². The third-order valence-corrected chi connectivity index (χ3v) is 5.14. The topological polar surface area (TPSA) is 0 Å². The Hall–Kier alpha value is -1.60. The van der Waals surface area contributed by atoms with Gasteiger partial charge in [-0.25, -0.2) is 0 Å². The van der Waals surface area contributed by atoms with Crippen LogP contribution >= 0.6 is 11.3 Å². The summed E-state index contributed by atoms with van der Waals surface area (Å²) in [5.41, 5.74) is 7.14. The van der Waals surface area contributed by atoms with Crippen LogP contribution in [0.1, 0.15) is 27.8 Å². The average molecular weight is 280 g/mol. The molecule has 20 heavy (non-hydrogen) atoms. The summed E-state index contributed by atoms with van der Waals surface area (Å²) in [6, 6.07) is 13.5. The van der Waals surface area contributed by atoms with Crippen molar-refractivity contribution >= 4 is 21.4 Å². The van der Waals surface area contributed by atoms with Crippen molar-refractivity contribution in [2.75, 3.05) is 0 Å². The summed E-state index contributed by atoms with van der Waals surface area (Å²) in [5.74, 6) is 0. The lowest BCUT2D eigenvalue weighted by Gasteiger charge is -2.10. The van der Waals surface area contributed by atoms with Gasteiger partial charge in [0.05, 0.1) is 0 Å². The van der Waals surface area contributed by atoms with Crippen LogP contribution in [0.25, 0.3) is 10.1 Å². The first-order chi connectivity index (χ1) is 9.65. The number of aryl methyl sites for hydroxylation is 5. The van der Waals surface area contributed by atoms with E-state index in [4.69, 9.17) is 0 Å². The first-order valence-electron chi connectivity index (χ1n) is 7.17. The van der Waals surface area contributed by atoms with E-state index in [1.54, 1.807) is 0 Å². The predicted octanol–water partition coefficient (Wildman–Crippen LogP) is 5.61. The summed E-state index contributed by atoms with van der Waals surface area (Å²) in [6.45, 7) is 6.63. The molecule has 0 unspecified atom stereocenters. The largest absolute Gasteiger partial charge is 0.144 e. The van der Waals surface area contributed by atoms with Crippen molar-refractivity contribution in [3.05, 3.63) is 69.6 Å². The number of benzene rings is 2. The molecule has 0 aliphatic heterocycles. The van der Waals surface area contributed by atoms with E-state index >= 15 is 0 Å². The molecule has 0 aliphatic carbocycles. The van der Waals surface area contributed by atoms with Crippen LogP contribution in [0.5, 0.6) is 0 Å². The zero-order chi connectivity index (χ0) is 14.1. The van der Waals surface area contributed by atoms with Gasteiger partial charge in [-0.15, -0.1) is 11.3 Å². The van der Waals surface area contributed by atoms with E-state index in [1.807, 2.05) is 11.3 Å². The summed E-state index contributed by atoms with van der Waals surface area (Å²) in [7, 11) is 0. The molecule has 0 saturated heterocycles. The quantitative estimate of drug-likeness (QED) is 0.585. The molecule has 0 fully saturated rings. The van der Waals surface area contributed by atoms with E-state index in [0.717, 1.165) is 12.8 Å². The van der Waals surface area contributed by atoms with E-state index in [0.29, 0.717) is 0 Å². The van der Waals surface area contributed by atoms with Crippen molar-refractivity contribution in [3.63, 3.8) is 0 Å². The predicted molar refractivity (Wildman–Crippen MR) is 89.9 cm³/mol. The molecule has 0 nitrogen and oxygen atoms in total. The minimum atomic E-state index is 1.12. The Balaban J connectivity index is 1.87. The fourth-order valence-corrected chi connectivity index (χ4v) is 3.80. The second-order valence-electron chi connectivity index (χ2n) is 5.63. The molecule has 1 aromatic heterocycles. The fourth-order valence-electron chi connectivity index (χ4n) is 2.80. The zero-order valence-electron chi connectivity index (χ0n) is 12.4. The van der Waals surface area contributed by atoms with Gasteiger partial charge in [0.15, 0.2) is 0 Å². The van der Waals surface area contributed by atoms with Gasteiger partial charge in [-0.3, -0.25) is 0 Å². The molecule has 0 bridgehead atoms. The first-order valence-corrected chi connectivity index (χ1v) is 8.05. The van der Waals surface area contributed by atoms with Crippen molar-refractivity contribution < 1.29 is 0 Å². The van der Waals surface area contributed by atoms with E-state index in [1.165, 1.54) is 37.9 Å². The highest BCUT2D eigenvalue weighted by Gasteiger charge is 2.08. The van der Waals surface area contributed by atoms with E-state index in [-0.39, 0.29) is 0 Å². The highest BCUT2D eigenvalue weighted by atomic mass is 32.1. The molecule has 0 N–H and O–H groups in total. The van der Waals surface area contributed by atoms with E-state index < -0.39 is 0 Å². The maximum atomic E-state index is 2.37. The molecule has 0 saturated carbocycles. The normalized spacial score (nSPS) is 11.2. The summed E-state index contributed by atoms with van der Waals surface area (Å²) >= 11 is 1.87. The van der Waals surface area contributed by atoms with E-state index in [9.17, 15) is 0 Å². The summed E-state index contributed by atoms with van der Waals surface area (Å²) < 4.78 is 1.46. The Morgan fingerprint density at radius 3 is 2.40 bits per heavy atom.